The van der Waals surface area contributed by atoms with E-state index in [1.165, 1.54) is 0 Å². The minimum absolute atomic E-state index is 0.195. The van der Waals surface area contributed by atoms with E-state index in [4.69, 9.17) is 5.11 Å². The second-order valence-corrected chi connectivity index (χ2v) is 5.27. The number of carboxylic acid groups (broad SMARTS) is 1. The van der Waals surface area contributed by atoms with Crippen molar-refractivity contribution in [3.05, 3.63) is 0 Å². The molecule has 1 saturated carbocycles. The van der Waals surface area contributed by atoms with Crippen LogP contribution >= 0.6 is 0 Å². The molecule has 0 aromatic carbocycles. The number of unbranched alkanes of at least 4 members (excludes halogenated alkanes) is 1. The van der Waals surface area contributed by atoms with Crippen LogP contribution in [0.15, 0.2) is 0 Å². The van der Waals surface area contributed by atoms with E-state index in [1.54, 1.807) is 0 Å². The average Bonchev–Trinajstić information content (AvgIpc) is 2.69. The molecule has 2 amide bonds. The maximum atomic E-state index is 11.7. The van der Waals surface area contributed by atoms with Crippen LogP contribution in [0.1, 0.15) is 52.4 Å². The number of hydrogen-bond acceptors (Lipinski definition) is 2. The Morgan fingerprint density at radius 2 is 2.11 bits per heavy atom. The molecular formula is C13H24N2O3. The van der Waals surface area contributed by atoms with Crippen LogP contribution in [0.4, 0.5) is 4.79 Å². The van der Waals surface area contributed by atoms with Gasteiger partial charge in [-0.1, -0.05) is 26.7 Å². The molecule has 0 aliphatic heterocycles. The Balaban J connectivity index is 2.34. The van der Waals surface area contributed by atoms with Gasteiger partial charge in [0.25, 0.3) is 0 Å². The zero-order valence-corrected chi connectivity index (χ0v) is 11.2. The number of nitrogens with one attached hydrogen (secondary N) is 2. The highest BCUT2D eigenvalue weighted by Gasteiger charge is 2.25. The predicted octanol–water partition coefficient (Wildman–Crippen LogP) is 2.12. The van der Waals surface area contributed by atoms with Gasteiger partial charge in [0, 0.05) is 6.04 Å². The normalized spacial score (nSPS) is 24.6. The summed E-state index contributed by atoms with van der Waals surface area (Å²) in [5, 5.41) is 14.4. The first-order valence-electron chi connectivity index (χ1n) is 6.82. The Morgan fingerprint density at radius 3 is 2.61 bits per heavy atom. The quantitative estimate of drug-likeness (QED) is 0.681. The Kier molecular flexibility index (Phi) is 5.95. The molecule has 3 N–H and O–H groups in total. The van der Waals surface area contributed by atoms with E-state index in [0.717, 1.165) is 32.1 Å². The maximum Gasteiger partial charge on any atom is 0.326 e. The Hall–Kier alpha value is -1.26. The van der Waals surface area contributed by atoms with E-state index in [1.807, 2.05) is 6.92 Å². The van der Waals surface area contributed by atoms with Gasteiger partial charge in [-0.25, -0.2) is 9.59 Å². The lowest BCUT2D eigenvalue weighted by molar-refractivity contribution is -0.139. The van der Waals surface area contributed by atoms with Crippen molar-refractivity contribution < 1.29 is 14.7 Å². The molecule has 104 valence electrons. The molecule has 5 heteroatoms. The van der Waals surface area contributed by atoms with Crippen molar-refractivity contribution in [2.45, 2.75) is 64.5 Å². The summed E-state index contributed by atoms with van der Waals surface area (Å²) in [5.74, 6) is -0.316. The molecule has 0 spiro atoms. The minimum atomic E-state index is -0.960. The lowest BCUT2D eigenvalue weighted by atomic mass is 10.1. The van der Waals surface area contributed by atoms with Crippen molar-refractivity contribution in [1.82, 2.24) is 10.6 Å². The van der Waals surface area contributed by atoms with Gasteiger partial charge in [0.15, 0.2) is 0 Å². The molecule has 18 heavy (non-hydrogen) atoms. The van der Waals surface area contributed by atoms with Crippen LogP contribution in [0, 0.1) is 5.92 Å². The van der Waals surface area contributed by atoms with Crippen LogP contribution < -0.4 is 10.6 Å². The fourth-order valence-corrected chi connectivity index (χ4v) is 2.39. The number of amides is 2. The van der Waals surface area contributed by atoms with Crippen LogP contribution in [0.2, 0.25) is 0 Å². The van der Waals surface area contributed by atoms with E-state index in [2.05, 4.69) is 17.6 Å². The number of carboxylic acids is 1. The molecule has 0 aromatic heterocycles. The van der Waals surface area contributed by atoms with Crippen LogP contribution in [0.25, 0.3) is 0 Å². The molecular weight excluding hydrogens is 232 g/mol. The van der Waals surface area contributed by atoms with Crippen LogP contribution in [-0.2, 0) is 4.79 Å². The van der Waals surface area contributed by atoms with E-state index in [0.29, 0.717) is 12.3 Å². The Labute approximate surface area is 108 Å². The third-order valence-electron chi connectivity index (χ3n) is 3.48. The highest BCUT2D eigenvalue weighted by atomic mass is 16.4. The number of aliphatic carboxylic acids is 1. The standard InChI is InChI=1S/C13H24N2O3/c1-3-4-5-11(12(16)17)15-13(18)14-10-7-6-9(2)8-10/h9-11H,3-8H2,1-2H3,(H,16,17)(H2,14,15,18). The van der Waals surface area contributed by atoms with Gasteiger partial charge in [0.05, 0.1) is 0 Å². The summed E-state index contributed by atoms with van der Waals surface area (Å²) in [6.07, 6.45) is 5.32. The van der Waals surface area contributed by atoms with Crippen molar-refractivity contribution >= 4 is 12.0 Å². The fourth-order valence-electron chi connectivity index (χ4n) is 2.39. The Morgan fingerprint density at radius 1 is 1.39 bits per heavy atom. The lowest BCUT2D eigenvalue weighted by Gasteiger charge is -2.17. The smallest absolute Gasteiger partial charge is 0.326 e. The molecule has 0 aromatic rings. The molecule has 0 radical (unpaired) electrons. The number of carbonyl (C=O) groups is 2. The zero-order valence-electron chi connectivity index (χ0n) is 11.2. The highest BCUT2D eigenvalue weighted by Crippen LogP contribution is 2.24. The number of carbonyl (C=O) groups excluding carboxylic acids is 1. The molecule has 1 aliphatic rings. The average molecular weight is 256 g/mol. The molecule has 5 nitrogen and oxygen atoms in total. The van der Waals surface area contributed by atoms with Crippen LogP contribution in [-0.4, -0.2) is 29.2 Å². The topological polar surface area (TPSA) is 78.4 Å². The first kappa shape index (κ1) is 14.8. The van der Waals surface area contributed by atoms with Crippen LogP contribution in [0.3, 0.4) is 0 Å². The van der Waals surface area contributed by atoms with E-state index in [9.17, 15) is 9.59 Å². The summed E-state index contributed by atoms with van der Waals surface area (Å²) in [6.45, 7) is 4.17. The zero-order chi connectivity index (χ0) is 13.5. The summed E-state index contributed by atoms with van der Waals surface area (Å²) < 4.78 is 0. The maximum absolute atomic E-state index is 11.7. The summed E-state index contributed by atoms with van der Waals surface area (Å²) >= 11 is 0. The van der Waals surface area contributed by atoms with E-state index >= 15 is 0 Å². The summed E-state index contributed by atoms with van der Waals surface area (Å²) in [4.78, 5) is 22.7. The van der Waals surface area contributed by atoms with Gasteiger partial charge in [-0.2, -0.15) is 0 Å². The second-order valence-electron chi connectivity index (χ2n) is 5.27. The van der Waals surface area contributed by atoms with Crippen molar-refractivity contribution in [3.8, 4) is 0 Å². The summed E-state index contributed by atoms with van der Waals surface area (Å²) in [6, 6.07) is -0.929. The van der Waals surface area contributed by atoms with Crippen molar-refractivity contribution in [1.29, 1.82) is 0 Å². The van der Waals surface area contributed by atoms with Crippen LogP contribution in [0.5, 0.6) is 0 Å². The van der Waals surface area contributed by atoms with E-state index in [-0.39, 0.29) is 12.1 Å². The first-order valence-corrected chi connectivity index (χ1v) is 6.82. The monoisotopic (exact) mass is 256 g/mol. The molecule has 0 heterocycles. The number of hydrogen-bond donors (Lipinski definition) is 3. The van der Waals surface area contributed by atoms with Gasteiger partial charge in [-0.15, -0.1) is 0 Å². The van der Waals surface area contributed by atoms with Crippen molar-refractivity contribution in [2.24, 2.45) is 5.92 Å². The highest BCUT2D eigenvalue weighted by molar-refractivity contribution is 5.82. The third-order valence-corrected chi connectivity index (χ3v) is 3.48. The summed E-state index contributed by atoms with van der Waals surface area (Å²) in [5.41, 5.74) is 0. The predicted molar refractivity (Wildman–Crippen MR) is 69.4 cm³/mol. The van der Waals surface area contributed by atoms with Gasteiger partial charge >= 0.3 is 12.0 Å². The number of rotatable bonds is 6. The lowest BCUT2D eigenvalue weighted by Crippen LogP contribution is -2.48. The van der Waals surface area contributed by atoms with Gasteiger partial charge in [-0.3, -0.25) is 0 Å². The van der Waals surface area contributed by atoms with E-state index < -0.39 is 12.0 Å². The van der Waals surface area contributed by atoms with Gasteiger partial charge in [0.2, 0.25) is 0 Å². The Bertz CT molecular complexity index is 294. The second kappa shape index (κ2) is 7.24. The fraction of sp³-hybridized carbons (Fsp3) is 0.846. The molecule has 0 saturated heterocycles. The SMILES string of the molecule is CCCCC(NC(=O)NC1CCC(C)C1)C(=O)O. The van der Waals surface area contributed by atoms with Gasteiger partial charge in [-0.05, 0) is 31.6 Å². The molecule has 1 aliphatic carbocycles. The first-order chi connectivity index (χ1) is 8.52. The summed E-state index contributed by atoms with van der Waals surface area (Å²) in [7, 11) is 0. The minimum Gasteiger partial charge on any atom is -0.480 e. The molecule has 1 fully saturated rings. The van der Waals surface area contributed by atoms with Gasteiger partial charge < -0.3 is 15.7 Å². The molecule has 3 unspecified atom stereocenters. The largest absolute Gasteiger partial charge is 0.480 e. The third kappa shape index (κ3) is 4.94. The van der Waals surface area contributed by atoms with Gasteiger partial charge in [0.1, 0.15) is 6.04 Å². The van der Waals surface area contributed by atoms with Crippen molar-refractivity contribution in [2.75, 3.05) is 0 Å². The molecule has 1 rings (SSSR count). The molecule has 0 bridgehead atoms. The van der Waals surface area contributed by atoms with Crippen molar-refractivity contribution in [3.63, 3.8) is 0 Å². The number of urea groups is 1. The molecule has 3 atom stereocenters.